The van der Waals surface area contributed by atoms with Crippen molar-refractivity contribution in [3.63, 3.8) is 0 Å². The van der Waals surface area contributed by atoms with E-state index in [9.17, 15) is 10.0 Å². The van der Waals surface area contributed by atoms with Crippen LogP contribution in [0.1, 0.15) is 26.2 Å². The van der Waals surface area contributed by atoms with Gasteiger partial charge in [-0.3, -0.25) is 0 Å². The first-order valence-corrected chi connectivity index (χ1v) is 5.88. The summed E-state index contributed by atoms with van der Waals surface area (Å²) in [4.78, 5) is 0. The number of hydrogen-bond donors (Lipinski definition) is 2. The monoisotopic (exact) mass is 232 g/mol. The fourth-order valence-electron chi connectivity index (χ4n) is 1.93. The third-order valence-corrected chi connectivity index (χ3v) is 3.35. The van der Waals surface area contributed by atoms with Crippen LogP contribution in [0, 0.1) is 0 Å². The van der Waals surface area contributed by atoms with Crippen LogP contribution in [0.15, 0.2) is 42.2 Å². The van der Waals surface area contributed by atoms with Crippen LogP contribution >= 0.6 is 0 Å². The molecule has 0 saturated carbocycles. The van der Waals surface area contributed by atoms with Gasteiger partial charge in [0.2, 0.25) is 0 Å². The van der Waals surface area contributed by atoms with E-state index in [1.165, 1.54) is 0 Å². The minimum Gasteiger partial charge on any atom is -0.462 e. The minimum absolute atomic E-state index is 0.441. The Balaban J connectivity index is 2.00. The largest absolute Gasteiger partial charge is 0.462 e. The van der Waals surface area contributed by atoms with E-state index in [-0.39, 0.29) is 0 Å². The summed E-state index contributed by atoms with van der Waals surface area (Å²) in [5.74, 6) is 1.74. The Labute approximate surface area is 102 Å². The van der Waals surface area contributed by atoms with Crippen molar-refractivity contribution in [3.8, 4) is 5.75 Å². The number of hydrogen-bond acceptors (Lipinski definition) is 3. The first-order valence-electron chi connectivity index (χ1n) is 5.88. The molecule has 1 aliphatic rings. The molecule has 0 radical (unpaired) electrons. The maximum atomic E-state index is 9.30. The maximum absolute atomic E-state index is 9.30. The molecule has 0 aromatic heterocycles. The highest BCUT2D eigenvalue weighted by Crippen LogP contribution is 2.42. The van der Waals surface area contributed by atoms with Crippen LogP contribution in [0.5, 0.6) is 5.75 Å². The highest BCUT2D eigenvalue weighted by molar-refractivity contribution is 6.45. The van der Waals surface area contributed by atoms with Crippen molar-refractivity contribution in [3.05, 3.63) is 42.2 Å². The lowest BCUT2D eigenvalue weighted by Gasteiger charge is -2.31. The summed E-state index contributed by atoms with van der Waals surface area (Å²) in [6, 6.07) is 9.63. The molecule has 1 aromatic carbocycles. The molecule has 1 aliphatic carbocycles. The fourth-order valence-corrected chi connectivity index (χ4v) is 1.93. The van der Waals surface area contributed by atoms with Crippen molar-refractivity contribution in [1.29, 1.82) is 0 Å². The van der Waals surface area contributed by atoms with E-state index in [2.05, 4.69) is 0 Å². The average molecular weight is 232 g/mol. The zero-order valence-electron chi connectivity index (χ0n) is 9.97. The van der Waals surface area contributed by atoms with Gasteiger partial charge < -0.3 is 14.8 Å². The summed E-state index contributed by atoms with van der Waals surface area (Å²) in [6.07, 6.45) is 4.05. The van der Waals surface area contributed by atoms with Crippen LogP contribution in [-0.2, 0) is 0 Å². The van der Waals surface area contributed by atoms with E-state index in [4.69, 9.17) is 4.74 Å². The SMILES string of the molecule is CC1(B(O)O)CC=C(Oc2ccccc2)CC1. The summed E-state index contributed by atoms with van der Waals surface area (Å²) < 4.78 is 5.73. The Kier molecular flexibility index (Phi) is 3.55. The smallest absolute Gasteiger partial charge is 0.458 e. The molecule has 90 valence electrons. The molecule has 0 bridgehead atoms. The van der Waals surface area contributed by atoms with Crippen molar-refractivity contribution < 1.29 is 14.8 Å². The average Bonchev–Trinajstić information content (AvgIpc) is 2.33. The minimum atomic E-state index is -1.27. The molecule has 3 nitrogen and oxygen atoms in total. The summed E-state index contributed by atoms with van der Waals surface area (Å²) in [7, 11) is -1.27. The molecule has 2 N–H and O–H groups in total. The highest BCUT2D eigenvalue weighted by atomic mass is 16.5. The van der Waals surface area contributed by atoms with Gasteiger partial charge in [0.1, 0.15) is 11.5 Å². The van der Waals surface area contributed by atoms with E-state index in [0.717, 1.165) is 24.4 Å². The van der Waals surface area contributed by atoms with Crippen molar-refractivity contribution in [2.24, 2.45) is 0 Å². The predicted molar refractivity (Wildman–Crippen MR) is 67.6 cm³/mol. The van der Waals surface area contributed by atoms with E-state index in [1.807, 2.05) is 43.3 Å². The highest BCUT2D eigenvalue weighted by Gasteiger charge is 2.38. The second kappa shape index (κ2) is 4.94. The van der Waals surface area contributed by atoms with Gasteiger partial charge in [-0.25, -0.2) is 0 Å². The fraction of sp³-hybridized carbons (Fsp3) is 0.385. The van der Waals surface area contributed by atoms with E-state index in [0.29, 0.717) is 6.42 Å². The Hall–Kier alpha value is -1.26. The molecule has 0 spiro atoms. The Morgan fingerprint density at radius 3 is 2.47 bits per heavy atom. The topological polar surface area (TPSA) is 49.7 Å². The lowest BCUT2D eigenvalue weighted by Crippen LogP contribution is -2.32. The molecule has 0 saturated heterocycles. The first-order chi connectivity index (χ1) is 8.10. The summed E-state index contributed by atoms with van der Waals surface area (Å²) in [5, 5.41) is 18.2. The molecule has 0 fully saturated rings. The van der Waals surface area contributed by atoms with E-state index >= 15 is 0 Å². The van der Waals surface area contributed by atoms with Crippen LogP contribution < -0.4 is 4.74 Å². The molecule has 0 aliphatic heterocycles. The van der Waals surface area contributed by atoms with Gasteiger partial charge in [0.05, 0.1) is 0 Å². The molecule has 1 unspecified atom stereocenters. The third-order valence-electron chi connectivity index (χ3n) is 3.35. The number of rotatable bonds is 3. The second-order valence-electron chi connectivity index (χ2n) is 4.82. The normalized spacial score (nSPS) is 24.1. The molecule has 4 heteroatoms. The van der Waals surface area contributed by atoms with Crippen LogP contribution in [0.4, 0.5) is 0 Å². The van der Waals surface area contributed by atoms with Gasteiger partial charge in [-0.05, 0) is 31.1 Å². The van der Waals surface area contributed by atoms with Crippen LogP contribution in [0.3, 0.4) is 0 Å². The quantitative estimate of drug-likeness (QED) is 0.786. The molecule has 1 aromatic rings. The zero-order valence-corrected chi connectivity index (χ0v) is 9.97. The Morgan fingerprint density at radius 1 is 1.24 bits per heavy atom. The molecule has 0 heterocycles. The second-order valence-corrected chi connectivity index (χ2v) is 4.82. The van der Waals surface area contributed by atoms with Crippen molar-refractivity contribution in [1.82, 2.24) is 0 Å². The predicted octanol–water partition coefficient (Wildman–Crippen LogP) is 2.37. The zero-order chi connectivity index (χ0) is 12.3. The summed E-state index contributed by atoms with van der Waals surface area (Å²) >= 11 is 0. The lowest BCUT2D eigenvalue weighted by molar-refractivity contribution is 0.303. The molecular weight excluding hydrogens is 215 g/mol. The van der Waals surface area contributed by atoms with Crippen LogP contribution in [0.2, 0.25) is 5.31 Å². The maximum Gasteiger partial charge on any atom is 0.458 e. The molecule has 1 atom stereocenters. The Morgan fingerprint density at radius 2 is 1.94 bits per heavy atom. The number of para-hydroxylation sites is 1. The van der Waals surface area contributed by atoms with Gasteiger partial charge >= 0.3 is 7.12 Å². The standard InChI is InChI=1S/C13H17BO3/c1-13(14(15)16)9-7-12(8-10-13)17-11-5-3-2-4-6-11/h2-7,15-16H,8-10H2,1H3. The van der Waals surface area contributed by atoms with Gasteiger partial charge in [0, 0.05) is 11.7 Å². The summed E-state index contributed by atoms with van der Waals surface area (Å²) in [6.45, 7) is 1.88. The van der Waals surface area contributed by atoms with Gasteiger partial charge in [0.15, 0.2) is 0 Å². The molecular formula is C13H17BO3. The number of benzene rings is 1. The van der Waals surface area contributed by atoms with Crippen molar-refractivity contribution in [2.45, 2.75) is 31.5 Å². The first kappa shape index (κ1) is 12.2. The molecule has 2 rings (SSSR count). The van der Waals surface area contributed by atoms with Gasteiger partial charge in [-0.15, -0.1) is 0 Å². The summed E-state index contributed by atoms with van der Waals surface area (Å²) in [5.41, 5.74) is 0. The van der Waals surface area contributed by atoms with Crippen molar-refractivity contribution >= 4 is 7.12 Å². The molecule has 17 heavy (non-hydrogen) atoms. The lowest BCUT2D eigenvalue weighted by atomic mass is 9.54. The van der Waals surface area contributed by atoms with Crippen LogP contribution in [-0.4, -0.2) is 17.2 Å². The van der Waals surface area contributed by atoms with Gasteiger partial charge in [-0.1, -0.05) is 25.1 Å². The van der Waals surface area contributed by atoms with Gasteiger partial charge in [0.25, 0.3) is 0 Å². The van der Waals surface area contributed by atoms with Crippen molar-refractivity contribution in [2.75, 3.05) is 0 Å². The van der Waals surface area contributed by atoms with E-state index < -0.39 is 12.4 Å². The number of ether oxygens (including phenoxy) is 1. The molecule has 0 amide bonds. The van der Waals surface area contributed by atoms with Crippen LogP contribution in [0.25, 0.3) is 0 Å². The van der Waals surface area contributed by atoms with E-state index in [1.54, 1.807) is 0 Å². The van der Waals surface area contributed by atoms with Gasteiger partial charge in [-0.2, -0.15) is 0 Å². The number of allylic oxidation sites excluding steroid dienone is 2. The Bertz CT molecular complexity index is 402. The third kappa shape index (κ3) is 2.90.